The van der Waals surface area contributed by atoms with Gasteiger partial charge in [0.05, 0.1) is 0 Å². The average molecular weight is 447 g/mol. The first-order valence-electron chi connectivity index (χ1n) is 6.04. The van der Waals surface area contributed by atoms with Gasteiger partial charge in [-0.15, -0.1) is 0 Å². The molecule has 0 aliphatic rings. The first-order valence-corrected chi connectivity index (χ1v) is 6.04. The summed E-state index contributed by atoms with van der Waals surface area (Å²) in [7, 11) is 0. The van der Waals surface area contributed by atoms with Gasteiger partial charge in [-0.3, -0.25) is 9.59 Å². The third-order valence-corrected chi connectivity index (χ3v) is 2.34. The number of carbonyl (C=O) groups is 6. The second-order valence-corrected chi connectivity index (χ2v) is 4.18. The van der Waals surface area contributed by atoms with Gasteiger partial charge >= 0.3 is 154 Å². The standard InChI is InChI=1S/C11H13NO12.4Na.4H/c12-3(11(22)24-6(9(18)19)10(20)21)1-2-4(13)23-5(7(14)15)8(16)17;;;;;;;;/h3,5-6H,1-2,12H2,(H,14,15)(H,16,17)(H,18,19)(H,20,21);;;;;;;;/t3-;;;;;;;;/m0......../s1. The molecule has 0 unspecified atom stereocenters. The predicted molar refractivity (Wildman–Crippen MR) is 96.1 cm³/mol. The number of esters is 2. The van der Waals surface area contributed by atoms with Gasteiger partial charge in [-0.1, -0.05) is 0 Å². The van der Waals surface area contributed by atoms with Gasteiger partial charge in [-0.2, -0.15) is 0 Å². The number of nitrogens with two attached hydrogens (primary N) is 1. The molecule has 0 aromatic heterocycles. The van der Waals surface area contributed by atoms with Crippen molar-refractivity contribution in [1.82, 2.24) is 0 Å². The van der Waals surface area contributed by atoms with Crippen LogP contribution in [0.4, 0.5) is 0 Å². The Kier molecular flexibility index (Phi) is 27.7. The second-order valence-electron chi connectivity index (χ2n) is 4.18. The maximum atomic E-state index is 11.4. The van der Waals surface area contributed by atoms with E-state index >= 15 is 0 Å². The molecule has 0 aliphatic carbocycles. The predicted octanol–water partition coefficient (Wildman–Crippen LogP) is -5.34. The van der Waals surface area contributed by atoms with Crippen LogP contribution in [0.2, 0.25) is 0 Å². The molecule has 1 atom stereocenters. The van der Waals surface area contributed by atoms with Gasteiger partial charge in [-0.05, 0) is 6.42 Å². The number of carbonyl (C=O) groups excluding carboxylic acids is 2. The molecule has 0 bridgehead atoms. The molecule has 0 aliphatic heterocycles. The Hall–Kier alpha value is 0.780. The Balaban J connectivity index is -0.000000441. The normalized spacial score (nSPS) is 9.96. The summed E-state index contributed by atoms with van der Waals surface area (Å²) in [6.07, 6.45) is -6.16. The second kappa shape index (κ2) is 19.7. The Labute approximate surface area is 246 Å². The Morgan fingerprint density at radius 2 is 1.00 bits per heavy atom. The van der Waals surface area contributed by atoms with Crippen LogP contribution in [0.5, 0.6) is 0 Å². The third kappa shape index (κ3) is 15.6. The van der Waals surface area contributed by atoms with Gasteiger partial charge in [0.15, 0.2) is 0 Å². The van der Waals surface area contributed by atoms with Crippen LogP contribution in [0.25, 0.3) is 0 Å². The van der Waals surface area contributed by atoms with Crippen molar-refractivity contribution in [3.63, 3.8) is 0 Å². The number of rotatable bonds is 10. The molecular weight excluding hydrogens is 430 g/mol. The van der Waals surface area contributed by atoms with Crippen molar-refractivity contribution in [1.29, 1.82) is 0 Å². The molecule has 6 N–H and O–H groups in total. The quantitative estimate of drug-likeness (QED) is 0.120. The zero-order chi connectivity index (χ0) is 19.0. The molecule has 28 heavy (non-hydrogen) atoms. The number of aliphatic carboxylic acids is 4. The van der Waals surface area contributed by atoms with Crippen molar-refractivity contribution in [3.8, 4) is 0 Å². The van der Waals surface area contributed by atoms with Crippen molar-refractivity contribution in [3.05, 3.63) is 0 Å². The van der Waals surface area contributed by atoms with E-state index in [1.165, 1.54) is 0 Å². The minimum atomic E-state index is -2.49. The Morgan fingerprint density at radius 1 is 0.679 bits per heavy atom. The SMILES string of the molecule is N[C@@H](CCC(=O)OC(C(=O)O)C(=O)O)C(=O)OC(C(=O)O)C(=O)O.[NaH].[NaH].[NaH].[NaH]. The fraction of sp³-hybridized carbons (Fsp3) is 0.455. The molecule has 0 radical (unpaired) electrons. The van der Waals surface area contributed by atoms with Crippen molar-refractivity contribution >= 4 is 154 Å². The topological polar surface area (TPSA) is 228 Å². The molecule has 17 heteroatoms. The summed E-state index contributed by atoms with van der Waals surface area (Å²) < 4.78 is 8.25. The van der Waals surface area contributed by atoms with E-state index in [2.05, 4.69) is 9.47 Å². The zero-order valence-corrected chi connectivity index (χ0v) is 11.8. The third-order valence-electron chi connectivity index (χ3n) is 2.34. The van der Waals surface area contributed by atoms with Gasteiger partial charge in [0, 0.05) is 6.42 Å². The summed E-state index contributed by atoms with van der Waals surface area (Å²) in [6.45, 7) is 0. The summed E-state index contributed by atoms with van der Waals surface area (Å²) in [5.74, 6) is -10.5. The Bertz CT molecular complexity index is 544. The van der Waals surface area contributed by atoms with Gasteiger partial charge < -0.3 is 35.6 Å². The number of hydrogen-bond acceptors (Lipinski definition) is 9. The molecule has 0 saturated heterocycles. The van der Waals surface area contributed by atoms with Crippen molar-refractivity contribution in [2.24, 2.45) is 5.73 Å². The van der Waals surface area contributed by atoms with Crippen LogP contribution >= 0.6 is 0 Å². The Morgan fingerprint density at radius 3 is 1.32 bits per heavy atom. The van der Waals surface area contributed by atoms with Crippen molar-refractivity contribution in [2.75, 3.05) is 0 Å². The fourth-order valence-electron chi connectivity index (χ4n) is 1.20. The fourth-order valence-corrected chi connectivity index (χ4v) is 1.20. The van der Waals surface area contributed by atoms with E-state index in [1.54, 1.807) is 0 Å². The summed E-state index contributed by atoms with van der Waals surface area (Å²) in [5, 5.41) is 34.0. The molecule has 0 spiro atoms. The molecule has 0 aromatic rings. The van der Waals surface area contributed by atoms with Crippen LogP contribution in [0, 0.1) is 0 Å². The molecule has 0 amide bonds. The number of hydrogen-bond donors (Lipinski definition) is 5. The van der Waals surface area contributed by atoms with Gasteiger partial charge in [-0.25, -0.2) is 19.2 Å². The van der Waals surface area contributed by atoms with Crippen molar-refractivity contribution in [2.45, 2.75) is 31.1 Å². The van der Waals surface area contributed by atoms with E-state index in [9.17, 15) is 28.8 Å². The van der Waals surface area contributed by atoms with Gasteiger partial charge in [0.1, 0.15) is 6.04 Å². The van der Waals surface area contributed by atoms with Crippen LogP contribution < -0.4 is 5.73 Å². The monoisotopic (exact) mass is 447 g/mol. The van der Waals surface area contributed by atoms with E-state index in [-0.39, 0.29) is 118 Å². The van der Waals surface area contributed by atoms with Crippen LogP contribution in [0.1, 0.15) is 12.8 Å². The first-order chi connectivity index (χ1) is 11.0. The van der Waals surface area contributed by atoms with Crippen LogP contribution in [-0.4, -0.2) is 193 Å². The molecule has 0 saturated carbocycles. The molecule has 0 fully saturated rings. The number of ether oxygens (including phenoxy) is 2. The van der Waals surface area contributed by atoms with Crippen LogP contribution in [0.3, 0.4) is 0 Å². The summed E-state index contributed by atoms with van der Waals surface area (Å²) in [5.41, 5.74) is 5.26. The van der Waals surface area contributed by atoms with Crippen molar-refractivity contribution < 1.29 is 58.7 Å². The van der Waals surface area contributed by atoms with E-state index < -0.39 is 66.9 Å². The number of carboxylic acid groups (broad SMARTS) is 4. The van der Waals surface area contributed by atoms with E-state index in [1.807, 2.05) is 0 Å². The summed E-state index contributed by atoms with van der Waals surface area (Å²) in [4.78, 5) is 64.7. The molecule has 142 valence electrons. The van der Waals surface area contributed by atoms with Gasteiger partial charge in [0.2, 0.25) is 0 Å². The number of carboxylic acids is 4. The maximum absolute atomic E-state index is 11.4. The average Bonchev–Trinajstić information content (AvgIpc) is 2.45. The zero-order valence-electron chi connectivity index (χ0n) is 11.8. The first kappa shape index (κ1) is 39.3. The van der Waals surface area contributed by atoms with Crippen LogP contribution in [0.15, 0.2) is 0 Å². The van der Waals surface area contributed by atoms with Crippen LogP contribution in [-0.2, 0) is 38.2 Å². The molecule has 0 aromatic carbocycles. The van der Waals surface area contributed by atoms with Gasteiger partial charge in [0.25, 0.3) is 12.2 Å². The summed E-state index contributed by atoms with van der Waals surface area (Å²) in [6, 6.07) is -1.62. The van der Waals surface area contributed by atoms with E-state index in [0.717, 1.165) is 0 Å². The molecule has 13 nitrogen and oxygen atoms in total. The summed E-state index contributed by atoms with van der Waals surface area (Å²) >= 11 is 0. The molecule has 0 rings (SSSR count). The van der Waals surface area contributed by atoms with E-state index in [0.29, 0.717) is 0 Å². The van der Waals surface area contributed by atoms with E-state index in [4.69, 9.17) is 26.2 Å². The minimum absolute atomic E-state index is 0. The molecule has 0 heterocycles. The molecular formula is C11H17NNa4O12.